The second kappa shape index (κ2) is 6.27. The molecule has 1 aromatic heterocycles. The second-order valence-corrected chi connectivity index (χ2v) is 2.83. The van der Waals surface area contributed by atoms with Crippen molar-refractivity contribution in [2.45, 2.75) is 0 Å². The Bertz CT molecular complexity index is 404. The van der Waals surface area contributed by atoms with Gasteiger partial charge in [0, 0.05) is 29.2 Å². The molecule has 0 saturated heterocycles. The van der Waals surface area contributed by atoms with Gasteiger partial charge >= 0.3 is 0 Å². The first-order valence-corrected chi connectivity index (χ1v) is 4.13. The molecule has 2 aromatic rings. The highest BCUT2D eigenvalue weighted by Gasteiger charge is 1.99. The van der Waals surface area contributed by atoms with E-state index in [-0.39, 0.29) is 24.8 Å². The van der Waals surface area contributed by atoms with E-state index in [0.29, 0.717) is 0 Å². The number of rotatable bonds is 1. The molecule has 0 fully saturated rings. The summed E-state index contributed by atoms with van der Waals surface area (Å²) in [6.07, 6.45) is 3.56. The van der Waals surface area contributed by atoms with Gasteiger partial charge in [-0.05, 0) is 12.1 Å². The van der Waals surface area contributed by atoms with Gasteiger partial charge in [-0.15, -0.1) is 24.8 Å². The molecule has 2 rings (SSSR count). The third-order valence-electron chi connectivity index (χ3n) is 1.93. The minimum absolute atomic E-state index is 0. The van der Waals surface area contributed by atoms with Crippen LogP contribution in [0, 0.1) is 0 Å². The van der Waals surface area contributed by atoms with Crippen LogP contribution in [0.5, 0.6) is 0 Å². The fourth-order valence-electron chi connectivity index (χ4n) is 1.28. The molecule has 0 aliphatic rings. The van der Waals surface area contributed by atoms with Crippen LogP contribution in [0.3, 0.4) is 0 Å². The number of hydrogen-bond acceptors (Lipinski definition) is 2. The molecular formula is C11H12Cl2N2. The van der Waals surface area contributed by atoms with E-state index in [2.05, 4.69) is 4.98 Å². The molecule has 0 unspecified atom stereocenters. The number of hydrogen-bond donors (Lipinski definition) is 1. The van der Waals surface area contributed by atoms with E-state index in [1.165, 1.54) is 0 Å². The number of pyridine rings is 1. The topological polar surface area (TPSA) is 38.9 Å². The molecule has 4 heteroatoms. The summed E-state index contributed by atoms with van der Waals surface area (Å²) >= 11 is 0. The zero-order valence-corrected chi connectivity index (χ0v) is 9.59. The summed E-state index contributed by atoms with van der Waals surface area (Å²) in [5, 5.41) is 0. The summed E-state index contributed by atoms with van der Waals surface area (Å²) in [7, 11) is 0. The van der Waals surface area contributed by atoms with Crippen LogP contribution >= 0.6 is 24.8 Å². The summed E-state index contributed by atoms with van der Waals surface area (Å²) < 4.78 is 0. The maximum atomic E-state index is 5.82. The fourth-order valence-corrected chi connectivity index (χ4v) is 1.28. The van der Waals surface area contributed by atoms with Gasteiger partial charge in [0.2, 0.25) is 0 Å². The lowest BCUT2D eigenvalue weighted by Gasteiger charge is -2.03. The Morgan fingerprint density at radius 2 is 1.67 bits per heavy atom. The molecular weight excluding hydrogens is 231 g/mol. The van der Waals surface area contributed by atoms with Crippen molar-refractivity contribution in [3.63, 3.8) is 0 Å². The molecule has 0 saturated carbocycles. The number of nitrogen functional groups attached to an aromatic ring is 1. The Labute approximate surface area is 101 Å². The Kier molecular flexibility index (Phi) is 5.75. The monoisotopic (exact) mass is 242 g/mol. The van der Waals surface area contributed by atoms with Crippen LogP contribution in [-0.2, 0) is 0 Å². The van der Waals surface area contributed by atoms with Crippen molar-refractivity contribution in [3.05, 3.63) is 48.8 Å². The zero-order valence-electron chi connectivity index (χ0n) is 7.96. The highest BCUT2D eigenvalue weighted by atomic mass is 35.5. The highest BCUT2D eigenvalue weighted by molar-refractivity contribution is 5.85. The summed E-state index contributed by atoms with van der Waals surface area (Å²) in [6.45, 7) is 0. The summed E-state index contributed by atoms with van der Waals surface area (Å²) in [6, 6.07) is 11.7. The molecule has 0 bridgehead atoms. The van der Waals surface area contributed by atoms with Gasteiger partial charge in [-0.25, -0.2) is 0 Å². The molecule has 0 aliphatic carbocycles. The highest BCUT2D eigenvalue weighted by Crippen LogP contribution is 2.23. The largest absolute Gasteiger partial charge is 0.398 e. The van der Waals surface area contributed by atoms with Crippen LogP contribution in [0.1, 0.15) is 0 Å². The molecule has 2 N–H and O–H groups in total. The van der Waals surface area contributed by atoms with E-state index >= 15 is 0 Å². The first kappa shape index (κ1) is 13.8. The van der Waals surface area contributed by atoms with E-state index < -0.39 is 0 Å². The van der Waals surface area contributed by atoms with Crippen molar-refractivity contribution in [1.82, 2.24) is 4.98 Å². The molecule has 1 aromatic carbocycles. The average Bonchev–Trinajstić information content (AvgIpc) is 2.20. The van der Waals surface area contributed by atoms with Crippen molar-refractivity contribution in [1.29, 1.82) is 0 Å². The van der Waals surface area contributed by atoms with Crippen LogP contribution in [-0.4, -0.2) is 4.98 Å². The van der Waals surface area contributed by atoms with Gasteiger partial charge in [-0.2, -0.15) is 0 Å². The lowest BCUT2D eigenvalue weighted by Crippen LogP contribution is -1.88. The fraction of sp³-hybridized carbons (Fsp3) is 0. The van der Waals surface area contributed by atoms with Gasteiger partial charge in [0.05, 0.1) is 0 Å². The quantitative estimate of drug-likeness (QED) is 0.781. The van der Waals surface area contributed by atoms with Crippen molar-refractivity contribution < 1.29 is 0 Å². The number of benzene rings is 1. The number of nitrogens with zero attached hydrogens (tertiary/aromatic N) is 1. The lowest BCUT2D eigenvalue weighted by molar-refractivity contribution is 1.33. The van der Waals surface area contributed by atoms with Crippen molar-refractivity contribution in [3.8, 4) is 11.1 Å². The molecule has 1 heterocycles. The molecule has 0 atom stereocenters. The Balaban J connectivity index is 0.000000980. The first-order chi connectivity index (χ1) is 6.38. The average molecular weight is 243 g/mol. The number of para-hydroxylation sites is 1. The molecule has 0 aliphatic heterocycles. The smallest absolute Gasteiger partial charge is 0.0394 e. The third-order valence-corrected chi connectivity index (χ3v) is 1.93. The zero-order chi connectivity index (χ0) is 9.10. The normalized spacial score (nSPS) is 8.53. The van der Waals surface area contributed by atoms with Gasteiger partial charge in [0.1, 0.15) is 0 Å². The van der Waals surface area contributed by atoms with Gasteiger partial charge in [0.25, 0.3) is 0 Å². The van der Waals surface area contributed by atoms with Gasteiger partial charge in [0.15, 0.2) is 0 Å². The van der Waals surface area contributed by atoms with E-state index in [1.807, 2.05) is 42.6 Å². The van der Waals surface area contributed by atoms with Crippen molar-refractivity contribution in [2.75, 3.05) is 5.73 Å². The Hall–Kier alpha value is -1.25. The van der Waals surface area contributed by atoms with E-state index in [0.717, 1.165) is 16.8 Å². The van der Waals surface area contributed by atoms with Gasteiger partial charge in [-0.3, -0.25) is 4.98 Å². The standard InChI is InChI=1S/C11H10N2.2ClH/c12-11-6-2-1-5-10(11)9-4-3-7-13-8-9;;/h1-8H,12H2;2*1H. The summed E-state index contributed by atoms with van der Waals surface area (Å²) in [5.41, 5.74) is 8.71. The molecule has 15 heavy (non-hydrogen) atoms. The van der Waals surface area contributed by atoms with Crippen LogP contribution in [0.25, 0.3) is 11.1 Å². The maximum absolute atomic E-state index is 5.82. The van der Waals surface area contributed by atoms with Crippen LogP contribution < -0.4 is 5.73 Å². The predicted molar refractivity (Wildman–Crippen MR) is 68.6 cm³/mol. The van der Waals surface area contributed by atoms with Crippen molar-refractivity contribution >= 4 is 30.5 Å². The predicted octanol–water partition coefficient (Wildman–Crippen LogP) is 3.17. The summed E-state index contributed by atoms with van der Waals surface area (Å²) in [5.74, 6) is 0. The van der Waals surface area contributed by atoms with E-state index in [9.17, 15) is 0 Å². The molecule has 0 amide bonds. The van der Waals surface area contributed by atoms with Crippen molar-refractivity contribution in [2.24, 2.45) is 0 Å². The van der Waals surface area contributed by atoms with Crippen LogP contribution in [0.15, 0.2) is 48.8 Å². The molecule has 0 radical (unpaired) electrons. The Morgan fingerprint density at radius 3 is 2.27 bits per heavy atom. The first-order valence-electron chi connectivity index (χ1n) is 4.13. The van der Waals surface area contributed by atoms with Crippen LogP contribution in [0.4, 0.5) is 5.69 Å². The van der Waals surface area contributed by atoms with Crippen LogP contribution in [0.2, 0.25) is 0 Å². The second-order valence-electron chi connectivity index (χ2n) is 2.83. The maximum Gasteiger partial charge on any atom is 0.0394 e. The van der Waals surface area contributed by atoms with E-state index in [4.69, 9.17) is 5.73 Å². The molecule has 0 spiro atoms. The Morgan fingerprint density at radius 1 is 0.933 bits per heavy atom. The van der Waals surface area contributed by atoms with Gasteiger partial charge < -0.3 is 5.73 Å². The number of aromatic nitrogens is 1. The minimum atomic E-state index is 0. The lowest BCUT2D eigenvalue weighted by atomic mass is 10.1. The summed E-state index contributed by atoms with van der Waals surface area (Å²) in [4.78, 5) is 4.05. The minimum Gasteiger partial charge on any atom is -0.398 e. The third kappa shape index (κ3) is 3.11. The van der Waals surface area contributed by atoms with E-state index in [1.54, 1.807) is 6.20 Å². The number of nitrogens with two attached hydrogens (primary N) is 1. The number of halogens is 2. The molecule has 80 valence electrons. The SMILES string of the molecule is Cl.Cl.Nc1ccccc1-c1cccnc1. The van der Waals surface area contributed by atoms with Gasteiger partial charge in [-0.1, -0.05) is 24.3 Å². The molecule has 2 nitrogen and oxygen atoms in total. The number of anilines is 1.